The first-order valence-corrected chi connectivity index (χ1v) is 21.0. The smallest absolute Gasteiger partial charge is 0.311 e. The van der Waals surface area contributed by atoms with Crippen LogP contribution in [0.4, 0.5) is 0 Å². The van der Waals surface area contributed by atoms with E-state index in [1.807, 2.05) is 41.5 Å². The Morgan fingerprint density at radius 2 is 1.41 bits per heavy atom. The van der Waals surface area contributed by atoms with Crippen LogP contribution in [0.25, 0.3) is 0 Å². The highest BCUT2D eigenvalue weighted by molar-refractivity contribution is 5.89. The molecule has 0 bridgehead atoms. The molecule has 0 radical (unpaired) electrons. The monoisotopic (exact) mass is 831 g/mol. The highest BCUT2D eigenvalue weighted by Crippen LogP contribution is 2.41. The fourth-order valence-corrected chi connectivity index (χ4v) is 9.30. The minimum absolute atomic E-state index is 0.0142. The van der Waals surface area contributed by atoms with Gasteiger partial charge in [-0.1, -0.05) is 48.5 Å². The lowest BCUT2D eigenvalue weighted by molar-refractivity contribution is -0.313. The molecule has 3 aliphatic rings. The van der Waals surface area contributed by atoms with E-state index in [0.717, 1.165) is 0 Å². The Kier molecular flexibility index (Phi) is 17.8. The van der Waals surface area contributed by atoms with Gasteiger partial charge in [0.2, 0.25) is 0 Å². The van der Waals surface area contributed by atoms with Crippen LogP contribution in [0.1, 0.15) is 116 Å². The minimum Gasteiger partial charge on any atom is -0.461 e. The number of carbonyl (C=O) groups is 4. The zero-order valence-corrected chi connectivity index (χ0v) is 37.7. The molecule has 3 saturated heterocycles. The molecule has 58 heavy (non-hydrogen) atoms. The number of hydrogen-bond donors (Lipinski definition) is 2. The first-order valence-electron chi connectivity index (χ1n) is 21.0. The minimum atomic E-state index is -1.94. The maximum atomic E-state index is 14.7. The SMILES string of the molecule is COC1CC(C)OC(O[C@@H]2[C@@H](C)[C@H](OC3CC(C)(OC)C(OC(C)=O)C(C)O3)[C@@H](C)C(=O)OC(C(C)C(C)C)[C@H](C)[C@H](OC(C)=O)[C@@H](C)C(=O)[C@@](C)(O)C[C@@H]2C)C1O. The highest BCUT2D eigenvalue weighted by atomic mass is 16.7. The van der Waals surface area contributed by atoms with Crippen molar-refractivity contribution in [2.75, 3.05) is 14.2 Å². The molecule has 336 valence electrons. The summed E-state index contributed by atoms with van der Waals surface area (Å²) < 4.78 is 55.5. The third-order valence-corrected chi connectivity index (χ3v) is 13.0. The maximum Gasteiger partial charge on any atom is 0.311 e. The lowest BCUT2D eigenvalue weighted by Gasteiger charge is -2.48. The fourth-order valence-electron chi connectivity index (χ4n) is 9.30. The molecule has 3 rings (SSSR count). The molecule has 3 fully saturated rings. The average Bonchev–Trinajstić information content (AvgIpc) is 3.13. The molecule has 3 aliphatic heterocycles. The van der Waals surface area contributed by atoms with Gasteiger partial charge in [-0.2, -0.15) is 0 Å². The van der Waals surface area contributed by atoms with Gasteiger partial charge < -0.3 is 52.8 Å². The van der Waals surface area contributed by atoms with E-state index >= 15 is 0 Å². The van der Waals surface area contributed by atoms with Gasteiger partial charge in [-0.05, 0) is 58.8 Å². The maximum absolute atomic E-state index is 14.7. The summed E-state index contributed by atoms with van der Waals surface area (Å²) >= 11 is 0. The van der Waals surface area contributed by atoms with Gasteiger partial charge in [-0.15, -0.1) is 0 Å². The summed E-state index contributed by atoms with van der Waals surface area (Å²) in [6.45, 7) is 24.1. The van der Waals surface area contributed by atoms with Crippen LogP contribution in [0.15, 0.2) is 0 Å². The van der Waals surface area contributed by atoms with Crippen molar-refractivity contribution in [3.63, 3.8) is 0 Å². The second kappa shape index (κ2) is 20.5. The lowest BCUT2D eigenvalue weighted by Crippen LogP contribution is -2.59. The number of methoxy groups -OCH3 is 2. The van der Waals surface area contributed by atoms with Gasteiger partial charge in [-0.25, -0.2) is 0 Å². The number of rotatable bonds is 10. The number of Topliss-reactive ketones (excluding diaryl/α,β-unsaturated/α-hetero) is 1. The van der Waals surface area contributed by atoms with Crippen molar-refractivity contribution in [2.45, 2.75) is 195 Å². The van der Waals surface area contributed by atoms with Crippen LogP contribution < -0.4 is 0 Å². The average molecular weight is 831 g/mol. The molecule has 0 spiro atoms. The topological polar surface area (TPSA) is 192 Å². The van der Waals surface area contributed by atoms with Crippen LogP contribution in [0.2, 0.25) is 0 Å². The van der Waals surface area contributed by atoms with Crippen molar-refractivity contribution < 1.29 is 72.0 Å². The molecule has 0 aromatic rings. The Hall–Kier alpha value is -2.24. The molecule has 15 heteroatoms. The molecule has 19 atom stereocenters. The van der Waals surface area contributed by atoms with Crippen molar-refractivity contribution in [1.82, 2.24) is 0 Å². The Labute approximate surface area is 345 Å². The molecule has 0 aliphatic carbocycles. The summed E-state index contributed by atoms with van der Waals surface area (Å²) in [7, 11) is 3.01. The zero-order chi connectivity index (χ0) is 44.2. The molecule has 15 nitrogen and oxygen atoms in total. The van der Waals surface area contributed by atoms with E-state index in [0.29, 0.717) is 6.42 Å². The van der Waals surface area contributed by atoms with E-state index in [1.54, 1.807) is 34.6 Å². The Bertz CT molecular complexity index is 1390. The van der Waals surface area contributed by atoms with E-state index in [4.69, 9.17) is 42.6 Å². The third-order valence-electron chi connectivity index (χ3n) is 13.0. The van der Waals surface area contributed by atoms with Gasteiger partial charge in [0.05, 0.1) is 42.4 Å². The van der Waals surface area contributed by atoms with Crippen LogP contribution >= 0.6 is 0 Å². The first kappa shape index (κ1) is 50.1. The Balaban J connectivity index is 2.24. The second-order valence-electron chi connectivity index (χ2n) is 18.2. The number of aliphatic hydroxyl groups excluding tert-OH is 1. The van der Waals surface area contributed by atoms with Crippen LogP contribution in [0.5, 0.6) is 0 Å². The summed E-state index contributed by atoms with van der Waals surface area (Å²) in [5.41, 5.74) is -2.98. The zero-order valence-electron chi connectivity index (χ0n) is 37.7. The van der Waals surface area contributed by atoms with Crippen LogP contribution in [-0.2, 0) is 61.8 Å². The van der Waals surface area contributed by atoms with E-state index in [9.17, 15) is 29.4 Å². The fraction of sp³-hybridized carbons (Fsp3) is 0.907. The van der Waals surface area contributed by atoms with Crippen molar-refractivity contribution in [1.29, 1.82) is 0 Å². The van der Waals surface area contributed by atoms with Gasteiger partial charge in [0.1, 0.15) is 29.5 Å². The van der Waals surface area contributed by atoms with Gasteiger partial charge in [0.15, 0.2) is 24.5 Å². The van der Waals surface area contributed by atoms with E-state index in [1.165, 1.54) is 35.0 Å². The molecular weight excluding hydrogens is 756 g/mol. The Morgan fingerprint density at radius 1 is 0.810 bits per heavy atom. The molecule has 0 aromatic carbocycles. The number of hydrogen-bond acceptors (Lipinski definition) is 15. The predicted octanol–water partition coefficient (Wildman–Crippen LogP) is 4.78. The van der Waals surface area contributed by atoms with Gasteiger partial charge in [0.25, 0.3) is 0 Å². The number of ketones is 1. The van der Waals surface area contributed by atoms with Crippen molar-refractivity contribution >= 4 is 23.7 Å². The molecule has 3 heterocycles. The van der Waals surface area contributed by atoms with Gasteiger partial charge >= 0.3 is 17.9 Å². The molecule has 0 amide bonds. The largest absolute Gasteiger partial charge is 0.461 e. The summed E-state index contributed by atoms with van der Waals surface area (Å²) in [6, 6.07) is 0. The summed E-state index contributed by atoms with van der Waals surface area (Å²) in [5.74, 6) is -6.47. The molecule has 2 N–H and O–H groups in total. The number of ether oxygens (including phenoxy) is 9. The quantitative estimate of drug-likeness (QED) is 0.226. The molecule has 0 aromatic heterocycles. The molecule has 10 unspecified atom stereocenters. The standard InChI is InChI=1S/C43H74O15/c1-20(2)23(5)35-25(7)36(54-29(11)44)26(8)38(47)42(13,49)18-21(3)34(58-41-33(46)31(50-15)17-22(4)52-41)24(6)37(27(9)40(48)57-35)56-32-19-43(14,51-16)39(28(10)53-32)55-30(12)45/h20-28,31-37,39,41,46,49H,17-19H2,1-16H3/t21-,22?,23?,24+,25-,26+,27+,28?,31?,32?,33?,34-,35?,36-,37-,39?,41?,42-,43?/m0/s1. The van der Waals surface area contributed by atoms with Gasteiger partial charge in [0, 0.05) is 52.7 Å². The summed E-state index contributed by atoms with van der Waals surface area (Å²) in [4.78, 5) is 53.7. The second-order valence-corrected chi connectivity index (χ2v) is 18.2. The third kappa shape index (κ3) is 11.8. The van der Waals surface area contributed by atoms with Crippen LogP contribution in [0, 0.1) is 41.4 Å². The normalized spacial score (nSPS) is 44.2. The van der Waals surface area contributed by atoms with E-state index < -0.39 is 126 Å². The van der Waals surface area contributed by atoms with Crippen LogP contribution in [-0.4, -0.2) is 127 Å². The van der Waals surface area contributed by atoms with Gasteiger partial charge in [-0.3, -0.25) is 19.2 Å². The number of carbonyl (C=O) groups excluding carboxylic acids is 4. The first-order chi connectivity index (χ1) is 26.8. The number of cyclic esters (lactones) is 1. The highest BCUT2D eigenvalue weighted by Gasteiger charge is 2.53. The predicted molar refractivity (Wildman–Crippen MR) is 211 cm³/mol. The lowest BCUT2D eigenvalue weighted by atomic mass is 9.73. The molecule has 0 saturated carbocycles. The van der Waals surface area contributed by atoms with E-state index in [-0.39, 0.29) is 30.8 Å². The van der Waals surface area contributed by atoms with Crippen molar-refractivity contribution in [2.24, 2.45) is 41.4 Å². The van der Waals surface area contributed by atoms with Crippen LogP contribution in [0.3, 0.4) is 0 Å². The molecular formula is C43H74O15. The number of esters is 3. The number of aliphatic hydroxyl groups is 2. The van der Waals surface area contributed by atoms with Crippen molar-refractivity contribution in [3.05, 3.63) is 0 Å². The summed E-state index contributed by atoms with van der Waals surface area (Å²) in [6.07, 6.45) is -9.09. The van der Waals surface area contributed by atoms with Crippen molar-refractivity contribution in [3.8, 4) is 0 Å². The Morgan fingerprint density at radius 3 is 1.95 bits per heavy atom. The van der Waals surface area contributed by atoms with E-state index in [2.05, 4.69) is 0 Å². The summed E-state index contributed by atoms with van der Waals surface area (Å²) in [5, 5.41) is 23.5.